The topological polar surface area (TPSA) is 82.7 Å². The van der Waals surface area contributed by atoms with Crippen molar-refractivity contribution in [3.05, 3.63) is 40.7 Å². The summed E-state index contributed by atoms with van der Waals surface area (Å²) in [5.41, 5.74) is 3.94. The zero-order valence-corrected chi connectivity index (χ0v) is 15.2. The number of fused-ring (bicyclic) bond motifs is 2. The third-order valence-corrected chi connectivity index (χ3v) is 5.51. The van der Waals surface area contributed by atoms with E-state index >= 15 is 0 Å². The number of hydrogen-bond acceptors (Lipinski definition) is 6. The molecule has 1 aromatic carbocycles. The average molecular weight is 369 g/mol. The van der Waals surface area contributed by atoms with Gasteiger partial charge in [-0.25, -0.2) is 0 Å². The fourth-order valence-electron chi connectivity index (χ4n) is 3.98. The highest BCUT2D eigenvalue weighted by atomic mass is 16.7. The molecule has 0 bridgehead atoms. The molecule has 0 unspecified atom stereocenters. The number of rotatable bonds is 3. The van der Waals surface area contributed by atoms with Crippen molar-refractivity contribution in [2.24, 2.45) is 0 Å². The van der Waals surface area contributed by atoms with E-state index in [2.05, 4.69) is 26.5 Å². The predicted octanol–water partition coefficient (Wildman–Crippen LogP) is 0.742. The van der Waals surface area contributed by atoms with Gasteiger partial charge in [-0.15, -0.1) is 0 Å². The molecule has 2 N–H and O–H groups in total. The van der Waals surface area contributed by atoms with E-state index in [1.54, 1.807) is 0 Å². The summed E-state index contributed by atoms with van der Waals surface area (Å²) in [7, 11) is 0. The van der Waals surface area contributed by atoms with E-state index in [0.717, 1.165) is 75.0 Å². The van der Waals surface area contributed by atoms with Crippen LogP contribution >= 0.6 is 0 Å². The van der Waals surface area contributed by atoms with E-state index in [4.69, 9.17) is 9.47 Å². The zero-order valence-electron chi connectivity index (χ0n) is 15.2. The number of aromatic nitrogens is 2. The Hall–Kier alpha value is -2.58. The second-order valence-electron chi connectivity index (χ2n) is 7.21. The molecular formula is C19H23N5O3. The van der Waals surface area contributed by atoms with Crippen molar-refractivity contribution < 1.29 is 14.3 Å². The summed E-state index contributed by atoms with van der Waals surface area (Å²) in [6, 6.07) is 6.09. The van der Waals surface area contributed by atoms with Gasteiger partial charge in [-0.3, -0.25) is 14.8 Å². The number of piperazine rings is 1. The molecule has 4 heterocycles. The van der Waals surface area contributed by atoms with Gasteiger partial charge in [0.25, 0.3) is 5.91 Å². The van der Waals surface area contributed by atoms with Gasteiger partial charge in [0.05, 0.1) is 5.69 Å². The van der Waals surface area contributed by atoms with Gasteiger partial charge >= 0.3 is 0 Å². The Bertz CT molecular complexity index is 857. The lowest BCUT2D eigenvalue weighted by molar-refractivity contribution is 0.0621. The molecule has 0 radical (unpaired) electrons. The van der Waals surface area contributed by atoms with Crippen LogP contribution in [0.5, 0.6) is 11.5 Å². The molecule has 3 aliphatic rings. The van der Waals surface area contributed by atoms with Gasteiger partial charge in [-0.1, -0.05) is 6.07 Å². The second-order valence-corrected chi connectivity index (χ2v) is 7.21. The van der Waals surface area contributed by atoms with Crippen molar-refractivity contribution in [2.45, 2.75) is 19.5 Å². The minimum atomic E-state index is 0.0529. The number of carbonyl (C=O) groups is 1. The Morgan fingerprint density at radius 3 is 2.89 bits per heavy atom. The minimum Gasteiger partial charge on any atom is -0.454 e. The van der Waals surface area contributed by atoms with E-state index in [9.17, 15) is 4.79 Å². The number of hydrogen-bond donors (Lipinski definition) is 2. The number of H-pyrrole nitrogens is 1. The Balaban J connectivity index is 1.20. The van der Waals surface area contributed by atoms with Gasteiger partial charge in [-0.2, -0.15) is 5.10 Å². The molecule has 1 aromatic heterocycles. The summed E-state index contributed by atoms with van der Waals surface area (Å²) in [5, 5.41) is 10.6. The normalized spacial score (nSPS) is 19.2. The quantitative estimate of drug-likeness (QED) is 0.831. The van der Waals surface area contributed by atoms with Crippen LogP contribution in [0.4, 0.5) is 0 Å². The molecule has 142 valence electrons. The molecule has 3 aliphatic heterocycles. The molecule has 27 heavy (non-hydrogen) atoms. The lowest BCUT2D eigenvalue weighted by Crippen LogP contribution is -2.48. The maximum atomic E-state index is 12.9. The molecule has 1 fully saturated rings. The van der Waals surface area contributed by atoms with Crippen LogP contribution in [-0.4, -0.2) is 65.4 Å². The number of benzene rings is 1. The summed E-state index contributed by atoms with van der Waals surface area (Å²) in [5.74, 6) is 1.68. The predicted molar refractivity (Wildman–Crippen MR) is 97.7 cm³/mol. The molecule has 0 saturated carbocycles. The first-order valence-electron chi connectivity index (χ1n) is 9.45. The van der Waals surface area contributed by atoms with Crippen molar-refractivity contribution in [1.82, 2.24) is 25.3 Å². The van der Waals surface area contributed by atoms with Crippen LogP contribution in [-0.2, 0) is 19.5 Å². The van der Waals surface area contributed by atoms with E-state index in [1.165, 1.54) is 5.56 Å². The fourth-order valence-corrected chi connectivity index (χ4v) is 3.98. The van der Waals surface area contributed by atoms with E-state index in [-0.39, 0.29) is 5.91 Å². The second kappa shape index (κ2) is 6.86. The van der Waals surface area contributed by atoms with Gasteiger partial charge < -0.3 is 19.7 Å². The van der Waals surface area contributed by atoms with Gasteiger partial charge in [0.2, 0.25) is 6.79 Å². The zero-order chi connectivity index (χ0) is 18.2. The van der Waals surface area contributed by atoms with E-state index in [0.29, 0.717) is 12.5 Å². The SMILES string of the molecule is O=C(c1n[nH]c2c1CCNC2)N1CCN(Cc2ccc3c(c2)OCO3)CC1. The smallest absolute Gasteiger partial charge is 0.274 e. The Kier molecular flexibility index (Phi) is 4.21. The number of nitrogens with one attached hydrogen (secondary N) is 2. The van der Waals surface area contributed by atoms with Crippen LogP contribution in [0.15, 0.2) is 18.2 Å². The molecule has 0 aliphatic carbocycles. The molecule has 5 rings (SSSR count). The highest BCUT2D eigenvalue weighted by molar-refractivity contribution is 5.94. The molecule has 1 saturated heterocycles. The summed E-state index contributed by atoms with van der Waals surface area (Å²) < 4.78 is 10.8. The van der Waals surface area contributed by atoms with Gasteiger partial charge in [0, 0.05) is 44.8 Å². The molecule has 1 amide bonds. The van der Waals surface area contributed by atoms with Crippen molar-refractivity contribution in [3.8, 4) is 11.5 Å². The van der Waals surface area contributed by atoms with E-state index in [1.807, 2.05) is 17.0 Å². The Morgan fingerprint density at radius 1 is 1.15 bits per heavy atom. The molecule has 2 aromatic rings. The van der Waals surface area contributed by atoms with Gasteiger partial charge in [0.1, 0.15) is 0 Å². The summed E-state index contributed by atoms with van der Waals surface area (Å²) in [6.07, 6.45) is 0.858. The van der Waals surface area contributed by atoms with Crippen LogP contribution in [0.3, 0.4) is 0 Å². The van der Waals surface area contributed by atoms with Crippen molar-refractivity contribution in [3.63, 3.8) is 0 Å². The number of carbonyl (C=O) groups excluding carboxylic acids is 1. The lowest BCUT2D eigenvalue weighted by Gasteiger charge is -2.34. The molecule has 8 nitrogen and oxygen atoms in total. The number of nitrogens with zero attached hydrogens (tertiary/aromatic N) is 3. The molecular weight excluding hydrogens is 346 g/mol. The lowest BCUT2D eigenvalue weighted by atomic mass is 10.0. The van der Waals surface area contributed by atoms with Crippen molar-refractivity contribution in [2.75, 3.05) is 39.5 Å². The maximum absolute atomic E-state index is 12.9. The number of amides is 1. The summed E-state index contributed by atoms with van der Waals surface area (Å²) in [6.45, 7) is 5.97. The van der Waals surface area contributed by atoms with Crippen molar-refractivity contribution in [1.29, 1.82) is 0 Å². The van der Waals surface area contributed by atoms with Gasteiger partial charge in [-0.05, 0) is 30.7 Å². The van der Waals surface area contributed by atoms with Crippen LogP contribution in [0.1, 0.15) is 27.3 Å². The Labute approximate surface area is 157 Å². The molecule has 8 heteroatoms. The monoisotopic (exact) mass is 369 g/mol. The summed E-state index contributed by atoms with van der Waals surface area (Å²) in [4.78, 5) is 17.2. The molecule has 0 spiro atoms. The minimum absolute atomic E-state index is 0.0529. The highest BCUT2D eigenvalue weighted by Gasteiger charge is 2.28. The van der Waals surface area contributed by atoms with Gasteiger partial charge in [0.15, 0.2) is 17.2 Å². The number of ether oxygens (including phenoxy) is 2. The van der Waals surface area contributed by atoms with Crippen LogP contribution in [0, 0.1) is 0 Å². The molecule has 0 atom stereocenters. The van der Waals surface area contributed by atoms with Crippen molar-refractivity contribution >= 4 is 5.91 Å². The highest BCUT2D eigenvalue weighted by Crippen LogP contribution is 2.32. The fraction of sp³-hybridized carbons (Fsp3) is 0.474. The first kappa shape index (κ1) is 16.6. The summed E-state index contributed by atoms with van der Waals surface area (Å²) >= 11 is 0. The average Bonchev–Trinajstić information content (AvgIpc) is 3.34. The largest absolute Gasteiger partial charge is 0.454 e. The van der Waals surface area contributed by atoms with Crippen LogP contribution in [0.25, 0.3) is 0 Å². The third-order valence-electron chi connectivity index (χ3n) is 5.51. The van der Waals surface area contributed by atoms with Crippen LogP contribution in [0.2, 0.25) is 0 Å². The third kappa shape index (κ3) is 3.15. The first-order valence-corrected chi connectivity index (χ1v) is 9.45. The van der Waals surface area contributed by atoms with Crippen LogP contribution < -0.4 is 14.8 Å². The number of aromatic amines is 1. The first-order chi connectivity index (χ1) is 13.3. The Morgan fingerprint density at radius 2 is 2.00 bits per heavy atom. The van der Waals surface area contributed by atoms with E-state index < -0.39 is 0 Å². The maximum Gasteiger partial charge on any atom is 0.274 e. The standard InChI is InChI=1S/C19H23N5O3/c25-19(18-14-3-4-20-10-15(14)21-22-18)24-7-5-23(6-8-24)11-13-1-2-16-17(9-13)27-12-26-16/h1-2,9,20H,3-8,10-12H2,(H,21,22).